The van der Waals surface area contributed by atoms with Gasteiger partial charge < -0.3 is 11.1 Å². The second-order valence-corrected chi connectivity index (χ2v) is 5.31. The highest BCUT2D eigenvalue weighted by Crippen LogP contribution is 2.22. The van der Waals surface area contributed by atoms with Crippen LogP contribution < -0.4 is 11.1 Å². The molecular weight excluding hydrogens is 258 g/mol. The third-order valence-electron chi connectivity index (χ3n) is 3.07. The Balaban J connectivity index is 2.80. The summed E-state index contributed by atoms with van der Waals surface area (Å²) in [5, 5.41) is 13.5. The first kappa shape index (κ1) is 16.1. The van der Waals surface area contributed by atoms with E-state index in [0.29, 0.717) is 23.6 Å². The Labute approximate surface area is 118 Å². The molecule has 0 aliphatic carbocycles. The molecule has 0 saturated heterocycles. The number of hydrogen-bond acceptors (Lipinski definition) is 4. The molecule has 0 fully saturated rings. The molecule has 6 heteroatoms. The van der Waals surface area contributed by atoms with Gasteiger partial charge in [0.05, 0.1) is 10.8 Å². The summed E-state index contributed by atoms with van der Waals surface area (Å²) in [7, 11) is 0. The van der Waals surface area contributed by atoms with Crippen LogP contribution in [0.2, 0.25) is 0 Å². The first-order chi connectivity index (χ1) is 9.35. The molecule has 0 saturated carbocycles. The number of rotatable bonds is 6. The second-order valence-electron chi connectivity index (χ2n) is 5.31. The van der Waals surface area contributed by atoms with Crippen molar-refractivity contribution in [1.29, 1.82) is 0 Å². The Morgan fingerprint density at radius 1 is 1.45 bits per heavy atom. The summed E-state index contributed by atoms with van der Waals surface area (Å²) in [5.41, 5.74) is 6.73. The number of carbonyl (C=O) groups excluding carboxylic acids is 1. The van der Waals surface area contributed by atoms with Crippen LogP contribution >= 0.6 is 0 Å². The normalized spacial score (nSPS) is 12.2. The van der Waals surface area contributed by atoms with Crippen LogP contribution in [0.3, 0.4) is 0 Å². The molecule has 0 aliphatic rings. The van der Waals surface area contributed by atoms with E-state index in [-0.39, 0.29) is 24.1 Å². The van der Waals surface area contributed by atoms with Gasteiger partial charge in [0.25, 0.3) is 5.69 Å². The number of nitro groups is 1. The van der Waals surface area contributed by atoms with Gasteiger partial charge >= 0.3 is 0 Å². The summed E-state index contributed by atoms with van der Waals surface area (Å²) in [5.74, 6) is -0.00662. The fourth-order valence-electron chi connectivity index (χ4n) is 2.06. The molecule has 1 aromatic carbocycles. The number of benzene rings is 1. The van der Waals surface area contributed by atoms with E-state index in [1.54, 1.807) is 13.0 Å². The van der Waals surface area contributed by atoms with Crippen LogP contribution in [0.25, 0.3) is 0 Å². The van der Waals surface area contributed by atoms with Gasteiger partial charge in [0.1, 0.15) is 0 Å². The molecule has 1 aromatic rings. The highest BCUT2D eigenvalue weighted by molar-refractivity contribution is 5.92. The van der Waals surface area contributed by atoms with Crippen molar-refractivity contribution in [2.45, 2.75) is 27.2 Å². The minimum absolute atomic E-state index is 0.0422. The molecule has 110 valence electrons. The molecule has 1 rings (SSSR count). The topological polar surface area (TPSA) is 98.3 Å². The van der Waals surface area contributed by atoms with Gasteiger partial charge in [0.15, 0.2) is 0 Å². The third kappa shape index (κ3) is 4.31. The van der Waals surface area contributed by atoms with Gasteiger partial charge in [-0.05, 0) is 31.4 Å². The fourth-order valence-corrected chi connectivity index (χ4v) is 2.06. The zero-order chi connectivity index (χ0) is 15.3. The molecule has 6 nitrogen and oxygen atoms in total. The number of hydrogen-bond donors (Lipinski definition) is 2. The maximum absolute atomic E-state index is 12.1. The van der Waals surface area contributed by atoms with Crippen molar-refractivity contribution in [3.63, 3.8) is 0 Å². The Morgan fingerprint density at radius 2 is 2.10 bits per heavy atom. The van der Waals surface area contributed by atoms with Crippen molar-refractivity contribution >= 4 is 17.3 Å². The summed E-state index contributed by atoms with van der Waals surface area (Å²) >= 11 is 0. The molecule has 0 radical (unpaired) electrons. The number of nitro benzene ring substituents is 1. The molecule has 1 unspecified atom stereocenters. The zero-order valence-electron chi connectivity index (χ0n) is 12.1. The van der Waals surface area contributed by atoms with Crippen molar-refractivity contribution in [3.8, 4) is 0 Å². The minimum atomic E-state index is -0.442. The number of nitrogens with one attached hydrogen (secondary N) is 1. The van der Waals surface area contributed by atoms with Crippen LogP contribution in [0.4, 0.5) is 11.4 Å². The van der Waals surface area contributed by atoms with Crippen molar-refractivity contribution in [3.05, 3.63) is 33.9 Å². The summed E-state index contributed by atoms with van der Waals surface area (Å²) in [6.45, 7) is 6.00. The molecule has 20 heavy (non-hydrogen) atoms. The molecule has 0 spiro atoms. The van der Waals surface area contributed by atoms with Gasteiger partial charge in [-0.1, -0.05) is 13.8 Å². The van der Waals surface area contributed by atoms with Crippen LogP contribution in [-0.2, 0) is 4.79 Å². The van der Waals surface area contributed by atoms with Gasteiger partial charge in [-0.3, -0.25) is 14.9 Å². The number of amides is 1. The number of aryl methyl sites for hydroxylation is 1. The predicted octanol–water partition coefficient (Wildman–Crippen LogP) is 2.46. The van der Waals surface area contributed by atoms with Crippen molar-refractivity contribution in [2.24, 2.45) is 17.6 Å². The summed E-state index contributed by atoms with van der Waals surface area (Å²) in [6.07, 6.45) is 0.717. The number of anilines is 1. The lowest BCUT2D eigenvalue weighted by Gasteiger charge is -2.17. The SMILES string of the molecule is Cc1cc(NC(=O)C(CN)CC(C)C)ccc1[N+](=O)[O-]. The summed E-state index contributed by atoms with van der Waals surface area (Å²) in [6, 6.07) is 4.52. The molecular formula is C14H21N3O3. The largest absolute Gasteiger partial charge is 0.330 e. The summed E-state index contributed by atoms with van der Waals surface area (Å²) in [4.78, 5) is 22.4. The van der Waals surface area contributed by atoms with E-state index in [4.69, 9.17) is 5.73 Å². The third-order valence-corrected chi connectivity index (χ3v) is 3.07. The lowest BCUT2D eigenvalue weighted by atomic mass is 9.96. The van der Waals surface area contributed by atoms with Crippen molar-refractivity contribution < 1.29 is 9.72 Å². The van der Waals surface area contributed by atoms with E-state index in [1.165, 1.54) is 12.1 Å². The van der Waals surface area contributed by atoms with Crippen LogP contribution in [-0.4, -0.2) is 17.4 Å². The van der Waals surface area contributed by atoms with E-state index in [1.807, 2.05) is 13.8 Å². The van der Waals surface area contributed by atoms with Gasteiger partial charge in [-0.15, -0.1) is 0 Å². The van der Waals surface area contributed by atoms with Crippen LogP contribution in [0.1, 0.15) is 25.8 Å². The Morgan fingerprint density at radius 3 is 2.55 bits per heavy atom. The highest BCUT2D eigenvalue weighted by atomic mass is 16.6. The molecule has 0 heterocycles. The quantitative estimate of drug-likeness (QED) is 0.617. The fraction of sp³-hybridized carbons (Fsp3) is 0.500. The Hall–Kier alpha value is -1.95. The summed E-state index contributed by atoms with van der Waals surface area (Å²) < 4.78 is 0. The Bertz CT molecular complexity index is 500. The molecule has 3 N–H and O–H groups in total. The monoisotopic (exact) mass is 279 g/mol. The standard InChI is InChI=1S/C14H21N3O3/c1-9(2)6-11(8-15)14(18)16-12-4-5-13(17(19)20)10(3)7-12/h4-5,7,9,11H,6,8,15H2,1-3H3,(H,16,18). The smallest absolute Gasteiger partial charge is 0.272 e. The number of nitrogens with zero attached hydrogens (tertiary/aromatic N) is 1. The van der Waals surface area contributed by atoms with Crippen LogP contribution in [0, 0.1) is 28.9 Å². The van der Waals surface area contributed by atoms with Crippen molar-refractivity contribution in [1.82, 2.24) is 0 Å². The number of nitrogens with two attached hydrogens (primary N) is 1. The highest BCUT2D eigenvalue weighted by Gasteiger charge is 2.19. The average Bonchev–Trinajstić information content (AvgIpc) is 2.35. The zero-order valence-corrected chi connectivity index (χ0v) is 12.1. The minimum Gasteiger partial charge on any atom is -0.330 e. The maximum Gasteiger partial charge on any atom is 0.272 e. The molecule has 1 amide bonds. The first-order valence-corrected chi connectivity index (χ1v) is 6.61. The van der Waals surface area contributed by atoms with Gasteiger partial charge in [-0.2, -0.15) is 0 Å². The Kier molecular flexibility index (Phi) is 5.64. The second kappa shape index (κ2) is 7.00. The van der Waals surface area contributed by atoms with E-state index >= 15 is 0 Å². The lowest BCUT2D eigenvalue weighted by Crippen LogP contribution is -2.30. The van der Waals surface area contributed by atoms with Crippen molar-refractivity contribution in [2.75, 3.05) is 11.9 Å². The molecule has 0 aliphatic heterocycles. The number of carbonyl (C=O) groups is 1. The maximum atomic E-state index is 12.1. The molecule has 1 atom stereocenters. The van der Waals surface area contributed by atoms with Crippen LogP contribution in [0.15, 0.2) is 18.2 Å². The van der Waals surface area contributed by atoms with Gasteiger partial charge in [0.2, 0.25) is 5.91 Å². The first-order valence-electron chi connectivity index (χ1n) is 6.61. The van der Waals surface area contributed by atoms with Gasteiger partial charge in [0, 0.05) is 23.9 Å². The molecule has 0 bridgehead atoms. The molecule has 0 aromatic heterocycles. The average molecular weight is 279 g/mol. The van der Waals surface area contributed by atoms with E-state index in [9.17, 15) is 14.9 Å². The van der Waals surface area contributed by atoms with Gasteiger partial charge in [-0.25, -0.2) is 0 Å². The van der Waals surface area contributed by atoms with E-state index < -0.39 is 4.92 Å². The van der Waals surface area contributed by atoms with E-state index in [0.717, 1.165) is 0 Å². The van der Waals surface area contributed by atoms with Crippen LogP contribution in [0.5, 0.6) is 0 Å². The van der Waals surface area contributed by atoms with E-state index in [2.05, 4.69) is 5.32 Å². The predicted molar refractivity (Wildman–Crippen MR) is 78.5 cm³/mol. The lowest BCUT2D eigenvalue weighted by molar-refractivity contribution is -0.385.